The Morgan fingerprint density at radius 2 is 2.11 bits per heavy atom. The van der Waals surface area contributed by atoms with E-state index in [4.69, 9.17) is 4.74 Å². The summed E-state index contributed by atoms with van der Waals surface area (Å²) in [5, 5.41) is 0. The molecule has 0 saturated carbocycles. The largest absolute Gasteiger partial charge is 0.369 e. The molecule has 0 aliphatic carbocycles. The van der Waals surface area contributed by atoms with Crippen LogP contribution in [0.2, 0.25) is 0 Å². The Labute approximate surface area is 114 Å². The summed E-state index contributed by atoms with van der Waals surface area (Å²) in [6.07, 6.45) is 0.0600. The molecule has 1 aromatic carbocycles. The van der Waals surface area contributed by atoms with Crippen LogP contribution < -0.4 is 0 Å². The van der Waals surface area contributed by atoms with Crippen molar-refractivity contribution in [3.63, 3.8) is 0 Å². The summed E-state index contributed by atoms with van der Waals surface area (Å²) >= 11 is 4.34. The Morgan fingerprint density at radius 3 is 2.72 bits per heavy atom. The lowest BCUT2D eigenvalue weighted by molar-refractivity contribution is -0.118. The first-order valence-electron chi connectivity index (χ1n) is 6.14. The van der Waals surface area contributed by atoms with Crippen LogP contribution in [0.4, 0.5) is 0 Å². The maximum absolute atomic E-state index is 12.5. The first-order chi connectivity index (χ1) is 8.39. The summed E-state index contributed by atoms with van der Waals surface area (Å²) in [7, 11) is 0. The van der Waals surface area contributed by atoms with Gasteiger partial charge in [0.25, 0.3) is 5.91 Å². The zero-order valence-electron chi connectivity index (χ0n) is 11.0. The molecule has 1 amide bonds. The summed E-state index contributed by atoms with van der Waals surface area (Å²) in [6.45, 7) is 7.25. The Hall–Kier alpha value is -1.00. The Kier molecular flexibility index (Phi) is 3.69. The first kappa shape index (κ1) is 13.4. The maximum atomic E-state index is 12.5. The van der Waals surface area contributed by atoms with Gasteiger partial charge in [-0.05, 0) is 32.9 Å². The Morgan fingerprint density at radius 1 is 1.44 bits per heavy atom. The van der Waals surface area contributed by atoms with E-state index in [-0.39, 0.29) is 17.6 Å². The van der Waals surface area contributed by atoms with Crippen molar-refractivity contribution in [3.05, 3.63) is 29.8 Å². The van der Waals surface area contributed by atoms with E-state index < -0.39 is 0 Å². The minimum absolute atomic E-state index is 0.0313. The molecule has 1 aliphatic heterocycles. The van der Waals surface area contributed by atoms with Crippen molar-refractivity contribution in [3.8, 4) is 0 Å². The fraction of sp³-hybridized carbons (Fsp3) is 0.500. The quantitative estimate of drug-likeness (QED) is 0.791. The summed E-state index contributed by atoms with van der Waals surface area (Å²) in [6, 6.07) is 7.40. The van der Waals surface area contributed by atoms with Crippen molar-refractivity contribution in [2.45, 2.75) is 37.4 Å². The highest BCUT2D eigenvalue weighted by Crippen LogP contribution is 2.24. The number of ether oxygens (including phenoxy) is 1. The second-order valence-electron chi connectivity index (χ2n) is 5.39. The topological polar surface area (TPSA) is 29.5 Å². The molecule has 1 unspecified atom stereocenters. The Bertz CT molecular complexity index is 459. The number of nitrogens with zero attached hydrogens (tertiary/aromatic N) is 1. The first-order valence-corrected chi connectivity index (χ1v) is 6.59. The summed E-state index contributed by atoms with van der Waals surface area (Å²) < 4.78 is 5.81. The number of carbonyl (C=O) groups excluding carboxylic acids is 1. The number of hydrogen-bond donors (Lipinski definition) is 1. The van der Waals surface area contributed by atoms with E-state index in [0.29, 0.717) is 18.7 Å². The summed E-state index contributed by atoms with van der Waals surface area (Å²) in [5.41, 5.74) is 0.365. The third-order valence-electron chi connectivity index (χ3n) is 2.99. The van der Waals surface area contributed by atoms with Crippen LogP contribution in [0.25, 0.3) is 0 Å². The fourth-order valence-electron chi connectivity index (χ4n) is 2.43. The lowest BCUT2D eigenvalue weighted by Crippen LogP contribution is -2.53. The van der Waals surface area contributed by atoms with Gasteiger partial charge < -0.3 is 9.64 Å². The lowest BCUT2D eigenvalue weighted by Gasteiger charge is -2.41. The average Bonchev–Trinajstić information content (AvgIpc) is 2.26. The molecule has 3 nitrogen and oxygen atoms in total. The molecular formula is C14H19NO2S. The minimum Gasteiger partial charge on any atom is -0.369 e. The van der Waals surface area contributed by atoms with Crippen LogP contribution in [0.15, 0.2) is 29.2 Å². The van der Waals surface area contributed by atoms with Gasteiger partial charge in [-0.2, -0.15) is 0 Å². The molecule has 2 rings (SSSR count). The summed E-state index contributed by atoms with van der Waals surface area (Å²) in [5.74, 6) is 0.0313. The van der Waals surface area contributed by atoms with Gasteiger partial charge in [-0.15, -0.1) is 12.6 Å². The molecule has 0 bridgehead atoms. The molecule has 0 spiro atoms. The van der Waals surface area contributed by atoms with Crippen LogP contribution in [-0.4, -0.2) is 35.6 Å². The number of carbonyl (C=O) groups is 1. The van der Waals surface area contributed by atoms with Gasteiger partial charge in [0, 0.05) is 18.0 Å². The molecule has 1 aromatic rings. The number of hydrogen-bond acceptors (Lipinski definition) is 3. The molecule has 1 fully saturated rings. The van der Waals surface area contributed by atoms with Gasteiger partial charge in [-0.3, -0.25) is 4.79 Å². The molecule has 0 radical (unpaired) electrons. The third-order valence-corrected chi connectivity index (χ3v) is 3.38. The molecule has 0 N–H and O–H groups in total. The van der Waals surface area contributed by atoms with E-state index >= 15 is 0 Å². The van der Waals surface area contributed by atoms with Gasteiger partial charge in [0.05, 0.1) is 17.3 Å². The van der Waals surface area contributed by atoms with E-state index in [1.165, 1.54) is 0 Å². The van der Waals surface area contributed by atoms with Crippen LogP contribution in [0.5, 0.6) is 0 Å². The van der Waals surface area contributed by atoms with Crippen molar-refractivity contribution in [2.75, 3.05) is 13.1 Å². The standard InChI is InChI=1S/C14H19NO2S/c1-10-8-15(9-14(2,3)17-10)13(16)11-6-4-5-7-12(11)18/h4-7,10,18H,8-9H2,1-3H3. The predicted molar refractivity (Wildman–Crippen MR) is 74.2 cm³/mol. The van der Waals surface area contributed by atoms with E-state index in [9.17, 15) is 4.79 Å². The molecule has 4 heteroatoms. The van der Waals surface area contributed by atoms with Crippen LogP contribution in [0.1, 0.15) is 31.1 Å². The lowest BCUT2D eigenvalue weighted by atomic mass is 10.0. The SMILES string of the molecule is CC1CN(C(=O)c2ccccc2S)CC(C)(C)O1. The molecule has 18 heavy (non-hydrogen) atoms. The highest BCUT2D eigenvalue weighted by Gasteiger charge is 2.34. The number of morpholine rings is 1. The van der Waals surface area contributed by atoms with Gasteiger partial charge in [-0.25, -0.2) is 0 Å². The summed E-state index contributed by atoms with van der Waals surface area (Å²) in [4.78, 5) is 15.0. The van der Waals surface area contributed by atoms with Crippen LogP contribution in [-0.2, 0) is 4.74 Å². The normalized spacial score (nSPS) is 22.9. The molecule has 0 aromatic heterocycles. The molecule has 1 heterocycles. The molecule has 1 aliphatic rings. The van der Waals surface area contributed by atoms with Crippen molar-refractivity contribution >= 4 is 18.5 Å². The van der Waals surface area contributed by atoms with E-state index in [2.05, 4.69) is 12.6 Å². The van der Waals surface area contributed by atoms with Crippen LogP contribution in [0, 0.1) is 0 Å². The van der Waals surface area contributed by atoms with Gasteiger partial charge in [0.2, 0.25) is 0 Å². The van der Waals surface area contributed by atoms with Crippen molar-refractivity contribution in [2.24, 2.45) is 0 Å². The van der Waals surface area contributed by atoms with Gasteiger partial charge in [0.1, 0.15) is 0 Å². The monoisotopic (exact) mass is 265 g/mol. The zero-order valence-corrected chi connectivity index (χ0v) is 11.9. The van der Waals surface area contributed by atoms with Gasteiger partial charge in [-0.1, -0.05) is 12.1 Å². The Balaban J connectivity index is 2.22. The highest BCUT2D eigenvalue weighted by atomic mass is 32.1. The number of amides is 1. The maximum Gasteiger partial charge on any atom is 0.255 e. The zero-order chi connectivity index (χ0) is 13.3. The van der Waals surface area contributed by atoms with Gasteiger partial charge in [0.15, 0.2) is 0 Å². The fourth-order valence-corrected chi connectivity index (χ4v) is 2.69. The molecule has 98 valence electrons. The van der Waals surface area contributed by atoms with Crippen molar-refractivity contribution in [1.82, 2.24) is 4.90 Å². The third kappa shape index (κ3) is 2.87. The number of rotatable bonds is 1. The smallest absolute Gasteiger partial charge is 0.255 e. The second kappa shape index (κ2) is 4.94. The predicted octanol–water partition coefficient (Wildman–Crippen LogP) is 2.61. The number of benzene rings is 1. The average molecular weight is 265 g/mol. The molecule has 1 saturated heterocycles. The van der Waals surface area contributed by atoms with E-state index in [1.807, 2.05) is 49.9 Å². The van der Waals surface area contributed by atoms with Gasteiger partial charge >= 0.3 is 0 Å². The van der Waals surface area contributed by atoms with E-state index in [1.54, 1.807) is 0 Å². The molecular weight excluding hydrogens is 246 g/mol. The molecule has 1 atom stereocenters. The number of thiol groups is 1. The van der Waals surface area contributed by atoms with Crippen molar-refractivity contribution < 1.29 is 9.53 Å². The highest BCUT2D eigenvalue weighted by molar-refractivity contribution is 7.80. The second-order valence-corrected chi connectivity index (χ2v) is 5.87. The van der Waals surface area contributed by atoms with Crippen LogP contribution >= 0.6 is 12.6 Å². The van der Waals surface area contributed by atoms with E-state index in [0.717, 1.165) is 4.90 Å². The van der Waals surface area contributed by atoms with Crippen LogP contribution in [0.3, 0.4) is 0 Å². The van der Waals surface area contributed by atoms with Crippen molar-refractivity contribution in [1.29, 1.82) is 0 Å². The minimum atomic E-state index is -0.293.